The van der Waals surface area contributed by atoms with Gasteiger partial charge >= 0.3 is 5.13 Å². The Hall–Kier alpha value is -0.620. The Balaban J connectivity index is 0.000000853. The number of nitrogens with two attached hydrogens (primary N) is 1. The molecule has 78 valence electrons. The summed E-state index contributed by atoms with van der Waals surface area (Å²) < 4.78 is 0. The van der Waals surface area contributed by atoms with Crippen molar-refractivity contribution >= 4 is 16.5 Å². The quantitative estimate of drug-likeness (QED) is 0.613. The van der Waals surface area contributed by atoms with Gasteiger partial charge in [-0.1, -0.05) is 24.3 Å². The molecule has 1 aromatic heterocycles. The van der Waals surface area contributed by atoms with Crippen LogP contribution in [0.2, 0.25) is 0 Å². The molecule has 2 nitrogen and oxygen atoms in total. The predicted molar refractivity (Wildman–Crippen MR) is 58.1 cm³/mol. The molecule has 15 heavy (non-hydrogen) atoms. The number of nitrogen functional groups attached to an aromatic ring is 1. The first-order valence-corrected chi connectivity index (χ1v) is 5.55. The van der Waals surface area contributed by atoms with E-state index in [2.05, 4.69) is 29.2 Å². The van der Waals surface area contributed by atoms with Gasteiger partial charge in [0.15, 0.2) is 0 Å². The van der Waals surface area contributed by atoms with Crippen LogP contribution in [-0.4, -0.2) is 0 Å². The summed E-state index contributed by atoms with van der Waals surface area (Å²) >= 11 is 1.66. The highest BCUT2D eigenvalue weighted by molar-refractivity contribution is 7.18. The van der Waals surface area contributed by atoms with Crippen LogP contribution in [0.15, 0.2) is 24.3 Å². The summed E-state index contributed by atoms with van der Waals surface area (Å²) in [5, 5.41) is 0.812. The Kier molecular flexibility index (Phi) is 2.97. The van der Waals surface area contributed by atoms with Gasteiger partial charge in [0.2, 0.25) is 0 Å². The van der Waals surface area contributed by atoms with Crippen LogP contribution >= 0.6 is 11.3 Å². The van der Waals surface area contributed by atoms with Gasteiger partial charge in [-0.3, -0.25) is 5.73 Å². The minimum atomic E-state index is 0. The second-order valence-electron chi connectivity index (χ2n) is 3.56. The third-order valence-electron chi connectivity index (χ3n) is 2.67. The Bertz CT molecular complexity index is 493. The molecule has 0 atom stereocenters. The molecule has 1 aliphatic rings. The van der Waals surface area contributed by atoms with Gasteiger partial charge in [0.05, 0.1) is 4.88 Å². The van der Waals surface area contributed by atoms with Gasteiger partial charge in [-0.15, -0.1) is 0 Å². The highest BCUT2D eigenvalue weighted by Gasteiger charge is 2.21. The zero-order valence-electron chi connectivity index (χ0n) is 8.09. The maximum atomic E-state index is 5.78. The number of thiazole rings is 1. The lowest BCUT2D eigenvalue weighted by molar-refractivity contribution is -0.366. The molecule has 1 aliphatic carbocycles. The van der Waals surface area contributed by atoms with Gasteiger partial charge in [0, 0.05) is 6.42 Å². The second-order valence-corrected chi connectivity index (χ2v) is 4.61. The van der Waals surface area contributed by atoms with Crippen LogP contribution in [0.4, 0.5) is 5.13 Å². The molecule has 0 radical (unpaired) electrons. The van der Waals surface area contributed by atoms with Crippen molar-refractivity contribution in [3.8, 4) is 10.4 Å². The van der Waals surface area contributed by atoms with E-state index in [9.17, 15) is 0 Å². The predicted octanol–water partition coefficient (Wildman–Crippen LogP) is -1.09. The first-order chi connectivity index (χ1) is 6.84. The van der Waals surface area contributed by atoms with E-state index in [1.165, 1.54) is 21.7 Å². The van der Waals surface area contributed by atoms with E-state index in [0.717, 1.165) is 18.0 Å². The zero-order chi connectivity index (χ0) is 9.54. The molecule has 0 spiro atoms. The number of fused-ring (bicyclic) bond motifs is 3. The van der Waals surface area contributed by atoms with E-state index in [1.54, 1.807) is 11.3 Å². The minimum absolute atomic E-state index is 0. The van der Waals surface area contributed by atoms with Crippen LogP contribution in [0.25, 0.3) is 10.4 Å². The average molecular weight is 330 g/mol. The van der Waals surface area contributed by atoms with E-state index in [-0.39, 0.29) is 24.0 Å². The highest BCUT2D eigenvalue weighted by atomic mass is 127. The maximum absolute atomic E-state index is 5.78. The van der Waals surface area contributed by atoms with Crippen LogP contribution in [0, 0.1) is 0 Å². The number of aryl methyl sites for hydroxylation is 2. The number of hydrogen-bond donors (Lipinski definition) is 1. The maximum Gasteiger partial charge on any atom is 0.330 e. The topological polar surface area (TPSA) is 40.2 Å². The first kappa shape index (κ1) is 10.9. The largest absolute Gasteiger partial charge is 1.00 e. The molecule has 0 unspecified atom stereocenters. The van der Waals surface area contributed by atoms with Crippen molar-refractivity contribution in [1.82, 2.24) is 0 Å². The van der Waals surface area contributed by atoms with Crippen molar-refractivity contribution in [2.45, 2.75) is 12.8 Å². The highest BCUT2D eigenvalue weighted by Crippen LogP contribution is 2.36. The molecule has 0 saturated carbocycles. The van der Waals surface area contributed by atoms with Crippen LogP contribution in [0.1, 0.15) is 11.3 Å². The summed E-state index contributed by atoms with van der Waals surface area (Å²) in [5.41, 5.74) is 9.87. The van der Waals surface area contributed by atoms with Gasteiger partial charge in [-0.05, 0) is 28.9 Å². The molecule has 2 aromatic rings. The van der Waals surface area contributed by atoms with Gasteiger partial charge < -0.3 is 24.0 Å². The molecule has 1 aromatic carbocycles. The third-order valence-corrected chi connectivity index (χ3v) is 3.66. The molecular weight excluding hydrogens is 319 g/mol. The summed E-state index contributed by atoms with van der Waals surface area (Å²) in [6.45, 7) is 0. The van der Waals surface area contributed by atoms with E-state index in [1.807, 2.05) is 0 Å². The number of benzene rings is 1. The fourth-order valence-electron chi connectivity index (χ4n) is 2.02. The fraction of sp³-hybridized carbons (Fsp3) is 0.182. The number of nitrogens with one attached hydrogen (secondary N) is 1. The number of aromatic amines is 1. The Morgan fingerprint density at radius 3 is 2.87 bits per heavy atom. The van der Waals surface area contributed by atoms with Crippen molar-refractivity contribution < 1.29 is 29.0 Å². The van der Waals surface area contributed by atoms with Gasteiger partial charge in [0.1, 0.15) is 5.69 Å². The zero-order valence-corrected chi connectivity index (χ0v) is 11.1. The van der Waals surface area contributed by atoms with Crippen molar-refractivity contribution in [2.75, 3.05) is 5.73 Å². The Morgan fingerprint density at radius 2 is 2.00 bits per heavy atom. The summed E-state index contributed by atoms with van der Waals surface area (Å²) in [6, 6.07) is 8.57. The van der Waals surface area contributed by atoms with Gasteiger partial charge in [0.25, 0.3) is 0 Å². The third kappa shape index (κ3) is 1.76. The molecule has 4 heteroatoms. The first-order valence-electron chi connectivity index (χ1n) is 4.73. The minimum Gasteiger partial charge on any atom is -1.00 e. The number of halogens is 1. The lowest BCUT2D eigenvalue weighted by atomic mass is 9.94. The van der Waals surface area contributed by atoms with Crippen molar-refractivity contribution in [3.63, 3.8) is 0 Å². The lowest BCUT2D eigenvalue weighted by Crippen LogP contribution is -3.00. The van der Waals surface area contributed by atoms with Crippen LogP contribution in [0.5, 0.6) is 0 Å². The van der Waals surface area contributed by atoms with Gasteiger partial charge in [-0.25, -0.2) is 4.98 Å². The van der Waals surface area contributed by atoms with E-state index in [0.29, 0.717) is 0 Å². The normalized spacial score (nSPS) is 12.5. The van der Waals surface area contributed by atoms with Gasteiger partial charge in [-0.2, -0.15) is 0 Å². The summed E-state index contributed by atoms with van der Waals surface area (Å²) in [4.78, 5) is 4.56. The Morgan fingerprint density at radius 1 is 1.20 bits per heavy atom. The number of anilines is 1. The number of aromatic nitrogens is 1. The molecule has 0 amide bonds. The Labute approximate surface area is 110 Å². The van der Waals surface area contributed by atoms with Crippen molar-refractivity contribution in [2.24, 2.45) is 0 Å². The van der Waals surface area contributed by atoms with Crippen molar-refractivity contribution in [1.29, 1.82) is 0 Å². The van der Waals surface area contributed by atoms with E-state index >= 15 is 0 Å². The molecular formula is C11H11IN2S. The lowest BCUT2D eigenvalue weighted by Gasteiger charge is -2.12. The second kappa shape index (κ2) is 4.09. The monoisotopic (exact) mass is 330 g/mol. The molecule has 0 saturated heterocycles. The average Bonchev–Trinajstić information content (AvgIpc) is 2.59. The number of hydrogen-bond acceptors (Lipinski definition) is 2. The van der Waals surface area contributed by atoms with Crippen LogP contribution in [0.3, 0.4) is 0 Å². The smallest absolute Gasteiger partial charge is 0.330 e. The molecule has 3 N–H and O–H groups in total. The summed E-state index contributed by atoms with van der Waals surface area (Å²) in [5.74, 6) is 0. The SMILES string of the molecule is Nc1[nH+]c2c(s1)-c1ccccc1CC2.[I-]. The fourth-order valence-corrected chi connectivity index (χ4v) is 3.00. The van der Waals surface area contributed by atoms with E-state index in [4.69, 9.17) is 5.73 Å². The molecule has 0 fully saturated rings. The molecule has 0 bridgehead atoms. The summed E-state index contributed by atoms with van der Waals surface area (Å²) in [6.07, 6.45) is 2.20. The molecule has 0 aliphatic heterocycles. The standard InChI is InChI=1S/C11H10N2S.HI/c12-11-13-9-6-5-7-3-1-2-4-8(7)10(9)14-11;/h1-4H,5-6H2,(H2,12,13);1H. The van der Waals surface area contributed by atoms with Crippen LogP contribution in [-0.2, 0) is 12.8 Å². The van der Waals surface area contributed by atoms with Crippen molar-refractivity contribution in [3.05, 3.63) is 35.5 Å². The number of H-pyrrole nitrogens is 1. The molecule has 1 heterocycles. The summed E-state index contributed by atoms with van der Waals surface area (Å²) in [7, 11) is 0. The van der Waals surface area contributed by atoms with E-state index < -0.39 is 0 Å². The van der Waals surface area contributed by atoms with Crippen LogP contribution < -0.4 is 34.7 Å². The molecule has 3 rings (SSSR count). The number of rotatable bonds is 0.